The largest absolute Gasteiger partial charge is 0.299 e. The number of nitrogens with one attached hydrogen (secondary N) is 1. The monoisotopic (exact) mass is 234 g/mol. The van der Waals surface area contributed by atoms with Crippen LogP contribution in [0.5, 0.6) is 0 Å². The average molecular weight is 234 g/mol. The maximum atomic E-state index is 9.63. The molecule has 0 saturated heterocycles. The maximum absolute atomic E-state index is 9.63. The van der Waals surface area contributed by atoms with Crippen LogP contribution in [0.3, 0.4) is 0 Å². The van der Waals surface area contributed by atoms with E-state index in [-0.39, 0.29) is 16.4 Å². The Morgan fingerprint density at radius 3 is 2.00 bits per heavy atom. The fraction of sp³-hybridized carbons (Fsp3) is 0.933. The molecule has 1 N–H and O–H groups in total. The molecular formula is C15H26N2. The standard InChI is InChI=1S/C15H26N2/c1-13(2)8-14(3,4)10-15(9-13,11-16)17-7-12-5-6-12/h12,17H,5-10H2,1-4H3. The SMILES string of the molecule is CC1(C)CC(C)(C)CC(C#N)(NCC2CC2)C1. The summed E-state index contributed by atoms with van der Waals surface area (Å²) in [6.07, 6.45) is 5.90. The van der Waals surface area contributed by atoms with E-state index in [1.165, 1.54) is 19.3 Å². The van der Waals surface area contributed by atoms with Crippen LogP contribution in [0.4, 0.5) is 0 Å². The predicted molar refractivity (Wildman–Crippen MR) is 70.5 cm³/mol. The van der Waals surface area contributed by atoms with Gasteiger partial charge in [-0.1, -0.05) is 27.7 Å². The van der Waals surface area contributed by atoms with E-state index < -0.39 is 0 Å². The fourth-order valence-corrected chi connectivity index (χ4v) is 4.02. The van der Waals surface area contributed by atoms with Crippen molar-refractivity contribution in [1.82, 2.24) is 5.32 Å². The van der Waals surface area contributed by atoms with Crippen molar-refractivity contribution in [3.63, 3.8) is 0 Å². The van der Waals surface area contributed by atoms with Crippen LogP contribution in [0, 0.1) is 28.1 Å². The molecule has 0 atom stereocenters. The van der Waals surface area contributed by atoms with E-state index in [0.29, 0.717) is 0 Å². The Hall–Kier alpha value is -0.550. The predicted octanol–water partition coefficient (Wildman–Crippen LogP) is 3.48. The van der Waals surface area contributed by atoms with E-state index in [1.54, 1.807) is 0 Å². The summed E-state index contributed by atoms with van der Waals surface area (Å²) in [5, 5.41) is 13.2. The molecule has 0 aromatic carbocycles. The number of rotatable bonds is 3. The van der Waals surface area contributed by atoms with Crippen molar-refractivity contribution in [2.75, 3.05) is 6.54 Å². The number of hydrogen-bond donors (Lipinski definition) is 1. The zero-order valence-corrected chi connectivity index (χ0v) is 11.8. The van der Waals surface area contributed by atoms with Crippen molar-refractivity contribution < 1.29 is 0 Å². The second kappa shape index (κ2) is 3.99. The van der Waals surface area contributed by atoms with Gasteiger partial charge in [-0.25, -0.2) is 0 Å². The molecule has 0 radical (unpaired) electrons. The van der Waals surface area contributed by atoms with E-state index >= 15 is 0 Å². The lowest BCUT2D eigenvalue weighted by Gasteiger charge is -2.49. The maximum Gasteiger partial charge on any atom is 0.107 e. The van der Waals surface area contributed by atoms with Crippen molar-refractivity contribution in [2.45, 2.75) is 65.3 Å². The fourth-order valence-electron chi connectivity index (χ4n) is 4.02. The summed E-state index contributed by atoms with van der Waals surface area (Å²) in [6.45, 7) is 10.3. The molecule has 17 heavy (non-hydrogen) atoms. The highest BCUT2D eigenvalue weighted by molar-refractivity contribution is 5.15. The van der Waals surface area contributed by atoms with Crippen LogP contribution in [0.2, 0.25) is 0 Å². The molecule has 2 fully saturated rings. The Morgan fingerprint density at radius 2 is 1.59 bits per heavy atom. The van der Waals surface area contributed by atoms with Gasteiger partial charge in [0.05, 0.1) is 6.07 Å². The van der Waals surface area contributed by atoms with E-state index in [1.807, 2.05) is 0 Å². The van der Waals surface area contributed by atoms with Gasteiger partial charge in [0, 0.05) is 0 Å². The van der Waals surface area contributed by atoms with Crippen LogP contribution in [-0.2, 0) is 0 Å². The Morgan fingerprint density at radius 1 is 1.06 bits per heavy atom. The quantitative estimate of drug-likeness (QED) is 0.811. The summed E-state index contributed by atoms with van der Waals surface area (Å²) in [6, 6.07) is 2.60. The third-order valence-electron chi connectivity index (χ3n) is 4.16. The van der Waals surface area contributed by atoms with Gasteiger partial charge >= 0.3 is 0 Å². The minimum absolute atomic E-state index is 0.272. The first-order valence-electron chi connectivity index (χ1n) is 6.92. The topological polar surface area (TPSA) is 35.8 Å². The second-order valence-electron chi connectivity index (χ2n) is 7.88. The summed E-state index contributed by atoms with van der Waals surface area (Å²) in [7, 11) is 0. The van der Waals surface area contributed by atoms with Gasteiger partial charge in [-0.3, -0.25) is 5.32 Å². The number of nitriles is 1. The van der Waals surface area contributed by atoms with Gasteiger partial charge in [0.2, 0.25) is 0 Å². The van der Waals surface area contributed by atoms with Crippen molar-refractivity contribution >= 4 is 0 Å². The van der Waals surface area contributed by atoms with Gasteiger partial charge in [0.1, 0.15) is 5.54 Å². The highest BCUT2D eigenvalue weighted by Gasteiger charge is 2.47. The lowest BCUT2D eigenvalue weighted by molar-refractivity contribution is 0.0549. The summed E-state index contributed by atoms with van der Waals surface area (Å²) in [5.41, 5.74) is 0.260. The summed E-state index contributed by atoms with van der Waals surface area (Å²) in [5.74, 6) is 0.841. The van der Waals surface area contributed by atoms with Gasteiger partial charge in [-0.15, -0.1) is 0 Å². The second-order valence-corrected chi connectivity index (χ2v) is 7.88. The van der Waals surface area contributed by atoms with Crippen LogP contribution in [-0.4, -0.2) is 12.1 Å². The summed E-state index contributed by atoms with van der Waals surface area (Å²) >= 11 is 0. The van der Waals surface area contributed by atoms with E-state index in [4.69, 9.17) is 0 Å². The summed E-state index contributed by atoms with van der Waals surface area (Å²) in [4.78, 5) is 0. The highest BCUT2D eigenvalue weighted by Crippen LogP contribution is 2.50. The van der Waals surface area contributed by atoms with Gasteiger partial charge in [0.25, 0.3) is 0 Å². The third-order valence-corrected chi connectivity index (χ3v) is 4.16. The molecule has 0 aliphatic heterocycles. The molecule has 2 rings (SSSR count). The number of hydrogen-bond acceptors (Lipinski definition) is 2. The van der Waals surface area contributed by atoms with Gasteiger partial charge < -0.3 is 0 Å². The van der Waals surface area contributed by atoms with Crippen molar-refractivity contribution in [3.05, 3.63) is 0 Å². The molecule has 2 aliphatic rings. The van der Waals surface area contributed by atoms with Gasteiger partial charge in [-0.2, -0.15) is 5.26 Å². The first-order chi connectivity index (χ1) is 7.76. The molecule has 0 amide bonds. The molecule has 0 spiro atoms. The van der Waals surface area contributed by atoms with Gasteiger partial charge in [-0.05, 0) is 55.4 Å². The minimum Gasteiger partial charge on any atom is -0.299 e. The zero-order chi connectivity index (χ0) is 12.7. The van der Waals surface area contributed by atoms with Crippen LogP contribution < -0.4 is 5.32 Å². The lowest BCUT2D eigenvalue weighted by Crippen LogP contribution is -2.54. The van der Waals surface area contributed by atoms with E-state index in [0.717, 1.165) is 25.3 Å². The van der Waals surface area contributed by atoms with Crippen LogP contribution in [0.1, 0.15) is 59.8 Å². The molecule has 0 bridgehead atoms. The molecule has 2 heteroatoms. The van der Waals surface area contributed by atoms with Crippen LogP contribution in [0.15, 0.2) is 0 Å². The molecule has 0 heterocycles. The summed E-state index contributed by atoms with van der Waals surface area (Å²) < 4.78 is 0. The van der Waals surface area contributed by atoms with E-state index in [2.05, 4.69) is 39.1 Å². The molecular weight excluding hydrogens is 208 g/mol. The van der Waals surface area contributed by atoms with Crippen molar-refractivity contribution in [1.29, 1.82) is 5.26 Å². The molecule has 0 unspecified atom stereocenters. The zero-order valence-electron chi connectivity index (χ0n) is 11.8. The lowest BCUT2D eigenvalue weighted by atomic mass is 9.59. The molecule has 0 aromatic rings. The Bertz CT molecular complexity index is 315. The molecule has 0 aromatic heterocycles. The van der Waals surface area contributed by atoms with E-state index in [9.17, 15) is 5.26 Å². The molecule has 2 saturated carbocycles. The normalized spacial score (nSPS) is 29.6. The molecule has 2 aliphatic carbocycles. The van der Waals surface area contributed by atoms with Crippen LogP contribution >= 0.6 is 0 Å². The van der Waals surface area contributed by atoms with Crippen molar-refractivity contribution in [3.8, 4) is 6.07 Å². The Kier molecular flexibility index (Phi) is 3.02. The average Bonchev–Trinajstić information content (AvgIpc) is 2.93. The smallest absolute Gasteiger partial charge is 0.107 e. The highest BCUT2D eigenvalue weighted by atomic mass is 15.0. The Labute approximate surface area is 106 Å². The molecule has 96 valence electrons. The minimum atomic E-state index is -0.284. The third kappa shape index (κ3) is 3.22. The van der Waals surface area contributed by atoms with Crippen molar-refractivity contribution in [2.24, 2.45) is 16.7 Å². The first-order valence-corrected chi connectivity index (χ1v) is 6.92. The first kappa shape index (κ1) is 12.9. The van der Waals surface area contributed by atoms with Crippen LogP contribution in [0.25, 0.3) is 0 Å². The number of nitrogens with zero attached hydrogens (tertiary/aromatic N) is 1. The van der Waals surface area contributed by atoms with Gasteiger partial charge in [0.15, 0.2) is 0 Å². The Balaban J connectivity index is 2.11. The molecule has 2 nitrogen and oxygen atoms in total.